The fraction of sp³-hybridized carbons (Fsp3) is 0.364. The van der Waals surface area contributed by atoms with E-state index in [4.69, 9.17) is 15.2 Å². The van der Waals surface area contributed by atoms with Crippen LogP contribution in [-0.4, -0.2) is 76.5 Å². The van der Waals surface area contributed by atoms with Crippen molar-refractivity contribution >= 4 is 22.0 Å². The van der Waals surface area contributed by atoms with Crippen LogP contribution < -0.4 is 20.5 Å². The lowest BCUT2D eigenvalue weighted by Crippen LogP contribution is -2.53. The number of ether oxygens (including phenoxy) is 2. The van der Waals surface area contributed by atoms with Gasteiger partial charge in [0.1, 0.15) is 0 Å². The molecule has 1 saturated heterocycles. The normalized spacial score (nSPS) is 14.5. The van der Waals surface area contributed by atoms with Gasteiger partial charge < -0.3 is 25.4 Å². The first-order valence-corrected chi connectivity index (χ1v) is 11.8. The molecule has 11 heteroatoms. The minimum atomic E-state index is -3.73. The minimum Gasteiger partial charge on any atom is -0.493 e. The van der Waals surface area contributed by atoms with Gasteiger partial charge in [-0.25, -0.2) is 13.2 Å². The molecule has 1 fully saturated rings. The first kappa shape index (κ1) is 24.3. The highest BCUT2D eigenvalue weighted by molar-refractivity contribution is 7.89. The SMILES string of the molecule is COc1ccc(S(=O)(=O)N2CCN(C(=O)NCCc3cccc(C(N)=O)c3)CC2)cc1OC. The predicted octanol–water partition coefficient (Wildman–Crippen LogP) is 1.06. The van der Waals surface area contributed by atoms with Gasteiger partial charge >= 0.3 is 6.03 Å². The number of primary amides is 1. The van der Waals surface area contributed by atoms with Crippen LogP contribution in [0.25, 0.3) is 0 Å². The van der Waals surface area contributed by atoms with E-state index in [-0.39, 0.29) is 37.1 Å². The molecule has 3 rings (SSSR count). The minimum absolute atomic E-state index is 0.108. The summed E-state index contributed by atoms with van der Waals surface area (Å²) in [6, 6.07) is 11.1. The summed E-state index contributed by atoms with van der Waals surface area (Å²) in [6.07, 6.45) is 0.542. The Labute approximate surface area is 193 Å². The summed E-state index contributed by atoms with van der Waals surface area (Å²) >= 11 is 0. The molecule has 0 aliphatic carbocycles. The number of nitrogens with two attached hydrogens (primary N) is 1. The average molecular weight is 477 g/mol. The van der Waals surface area contributed by atoms with Gasteiger partial charge in [0.05, 0.1) is 19.1 Å². The Morgan fingerprint density at radius 1 is 1.00 bits per heavy atom. The Morgan fingerprint density at radius 2 is 1.70 bits per heavy atom. The molecule has 1 heterocycles. The molecule has 0 radical (unpaired) electrons. The van der Waals surface area contributed by atoms with Crippen molar-refractivity contribution in [3.05, 3.63) is 53.6 Å². The second-order valence-electron chi connectivity index (χ2n) is 7.45. The molecule has 0 unspecified atom stereocenters. The molecule has 2 aromatic rings. The molecule has 0 atom stereocenters. The summed E-state index contributed by atoms with van der Waals surface area (Å²) in [5.41, 5.74) is 6.60. The number of nitrogens with zero attached hydrogens (tertiary/aromatic N) is 2. The number of sulfonamides is 1. The van der Waals surface area contributed by atoms with Crippen molar-refractivity contribution in [2.45, 2.75) is 11.3 Å². The van der Waals surface area contributed by atoms with Gasteiger partial charge in [-0.1, -0.05) is 12.1 Å². The zero-order valence-corrected chi connectivity index (χ0v) is 19.4. The quantitative estimate of drug-likeness (QED) is 0.586. The van der Waals surface area contributed by atoms with E-state index in [1.54, 1.807) is 29.2 Å². The molecule has 0 spiro atoms. The molecule has 1 aliphatic rings. The van der Waals surface area contributed by atoms with Crippen molar-refractivity contribution in [2.24, 2.45) is 5.73 Å². The number of urea groups is 1. The topological polar surface area (TPSA) is 131 Å². The largest absolute Gasteiger partial charge is 0.493 e. The third-order valence-corrected chi connectivity index (χ3v) is 7.31. The lowest BCUT2D eigenvalue weighted by Gasteiger charge is -2.34. The molecule has 1 aliphatic heterocycles. The highest BCUT2D eigenvalue weighted by atomic mass is 32.2. The maximum absolute atomic E-state index is 13.0. The summed E-state index contributed by atoms with van der Waals surface area (Å²) in [5.74, 6) is 0.277. The highest BCUT2D eigenvalue weighted by Gasteiger charge is 2.30. The number of carbonyl (C=O) groups is 2. The monoisotopic (exact) mass is 476 g/mol. The molecule has 178 valence electrons. The van der Waals surface area contributed by atoms with Gasteiger partial charge in [-0.2, -0.15) is 4.31 Å². The standard InChI is InChI=1S/C22H28N4O6S/c1-31-19-7-6-18(15-20(19)32-2)33(29,30)26-12-10-25(11-13-26)22(28)24-9-8-16-4-3-5-17(14-16)21(23)27/h3-7,14-15H,8-13H2,1-2H3,(H2,23,27)(H,24,28). The maximum atomic E-state index is 13.0. The van der Waals surface area contributed by atoms with Crippen molar-refractivity contribution in [3.8, 4) is 11.5 Å². The fourth-order valence-electron chi connectivity index (χ4n) is 3.56. The summed E-state index contributed by atoms with van der Waals surface area (Å²) in [6.45, 7) is 1.30. The highest BCUT2D eigenvalue weighted by Crippen LogP contribution is 2.30. The molecular formula is C22H28N4O6S. The molecule has 10 nitrogen and oxygen atoms in total. The van der Waals surface area contributed by atoms with Crippen LogP contribution >= 0.6 is 0 Å². The van der Waals surface area contributed by atoms with E-state index in [0.717, 1.165) is 5.56 Å². The lowest BCUT2D eigenvalue weighted by molar-refractivity contribution is 0.1000. The Bertz CT molecular complexity index is 1110. The third-order valence-electron chi connectivity index (χ3n) is 5.42. The molecule has 0 saturated carbocycles. The summed E-state index contributed by atoms with van der Waals surface area (Å²) in [4.78, 5) is 25.5. The summed E-state index contributed by atoms with van der Waals surface area (Å²) in [7, 11) is -0.806. The van der Waals surface area contributed by atoms with E-state index in [9.17, 15) is 18.0 Å². The molecule has 3 N–H and O–H groups in total. The summed E-state index contributed by atoms with van der Waals surface area (Å²) < 4.78 is 37.7. The van der Waals surface area contributed by atoms with Crippen molar-refractivity contribution in [1.29, 1.82) is 0 Å². The van der Waals surface area contributed by atoms with Crippen LogP contribution in [0.2, 0.25) is 0 Å². The van der Waals surface area contributed by atoms with Gasteiger partial charge in [-0.05, 0) is 36.2 Å². The first-order chi connectivity index (χ1) is 15.8. The van der Waals surface area contributed by atoms with Crippen LogP contribution in [0, 0.1) is 0 Å². The van der Waals surface area contributed by atoms with Crippen LogP contribution in [0.1, 0.15) is 15.9 Å². The van der Waals surface area contributed by atoms with Crippen LogP contribution in [0.5, 0.6) is 11.5 Å². The fourth-order valence-corrected chi connectivity index (χ4v) is 5.00. The zero-order valence-electron chi connectivity index (χ0n) is 18.6. The van der Waals surface area contributed by atoms with E-state index in [1.165, 1.54) is 30.7 Å². The molecule has 3 amide bonds. The van der Waals surface area contributed by atoms with Crippen molar-refractivity contribution < 1.29 is 27.5 Å². The van der Waals surface area contributed by atoms with Crippen LogP contribution in [-0.2, 0) is 16.4 Å². The molecule has 0 aromatic heterocycles. The summed E-state index contributed by atoms with van der Waals surface area (Å²) in [5, 5.41) is 2.83. The second kappa shape index (κ2) is 10.5. The number of amides is 3. The van der Waals surface area contributed by atoms with Gasteiger partial charge in [0.15, 0.2) is 11.5 Å². The number of hydrogen-bond donors (Lipinski definition) is 2. The smallest absolute Gasteiger partial charge is 0.317 e. The van der Waals surface area contributed by atoms with E-state index in [1.807, 2.05) is 6.07 Å². The van der Waals surface area contributed by atoms with Gasteiger partial charge in [0.2, 0.25) is 15.9 Å². The van der Waals surface area contributed by atoms with Gasteiger partial charge in [-0.15, -0.1) is 0 Å². The Morgan fingerprint density at radius 3 is 2.33 bits per heavy atom. The Balaban J connectivity index is 1.53. The molecule has 0 bridgehead atoms. The number of nitrogens with one attached hydrogen (secondary N) is 1. The van der Waals surface area contributed by atoms with Crippen molar-refractivity contribution in [3.63, 3.8) is 0 Å². The predicted molar refractivity (Wildman–Crippen MR) is 122 cm³/mol. The number of methoxy groups -OCH3 is 2. The average Bonchev–Trinajstić information content (AvgIpc) is 2.83. The number of piperazine rings is 1. The maximum Gasteiger partial charge on any atom is 0.317 e. The number of hydrogen-bond acceptors (Lipinski definition) is 6. The molecule has 2 aromatic carbocycles. The van der Waals surface area contributed by atoms with Crippen molar-refractivity contribution in [2.75, 3.05) is 46.9 Å². The number of benzene rings is 2. The van der Waals surface area contributed by atoms with E-state index >= 15 is 0 Å². The second-order valence-corrected chi connectivity index (χ2v) is 9.39. The Hall–Kier alpha value is -3.31. The zero-order chi connectivity index (χ0) is 24.0. The van der Waals surface area contributed by atoms with E-state index < -0.39 is 15.9 Å². The van der Waals surface area contributed by atoms with Crippen molar-refractivity contribution in [1.82, 2.24) is 14.5 Å². The molecular weight excluding hydrogens is 448 g/mol. The molecule has 33 heavy (non-hydrogen) atoms. The Kier molecular flexibility index (Phi) is 7.77. The first-order valence-electron chi connectivity index (χ1n) is 10.4. The van der Waals surface area contributed by atoms with E-state index in [0.29, 0.717) is 30.0 Å². The van der Waals surface area contributed by atoms with Crippen LogP contribution in [0.3, 0.4) is 0 Å². The van der Waals surface area contributed by atoms with Gasteiger partial charge in [0, 0.05) is 44.4 Å². The number of carbonyl (C=O) groups excluding carboxylic acids is 2. The number of rotatable bonds is 8. The van der Waals surface area contributed by atoms with Crippen LogP contribution in [0.4, 0.5) is 4.79 Å². The third kappa shape index (κ3) is 5.74. The van der Waals surface area contributed by atoms with E-state index in [2.05, 4.69) is 5.32 Å². The van der Waals surface area contributed by atoms with Gasteiger partial charge in [-0.3, -0.25) is 4.79 Å². The lowest BCUT2D eigenvalue weighted by atomic mass is 10.1. The van der Waals surface area contributed by atoms with Crippen LogP contribution in [0.15, 0.2) is 47.4 Å². The van der Waals surface area contributed by atoms with Gasteiger partial charge in [0.25, 0.3) is 0 Å².